The van der Waals surface area contributed by atoms with Crippen LogP contribution in [-0.2, 0) is 6.54 Å². The lowest BCUT2D eigenvalue weighted by Gasteiger charge is -2.16. The molecule has 0 radical (unpaired) electrons. The number of amides is 1. The molecule has 1 heterocycles. The van der Waals surface area contributed by atoms with Gasteiger partial charge in [-0.2, -0.15) is 10.4 Å². The smallest absolute Gasteiger partial charge is 0.271 e. The van der Waals surface area contributed by atoms with Crippen molar-refractivity contribution >= 4 is 11.7 Å². The van der Waals surface area contributed by atoms with Crippen LogP contribution in [-0.4, -0.2) is 28.1 Å². The molecule has 1 aromatic carbocycles. The van der Waals surface area contributed by atoms with Crippen molar-refractivity contribution in [1.82, 2.24) is 15.1 Å². The van der Waals surface area contributed by atoms with Gasteiger partial charge in [-0.05, 0) is 17.7 Å². The predicted octanol–water partition coefficient (Wildman–Crippen LogP) is 1.14. The van der Waals surface area contributed by atoms with Crippen LogP contribution in [0.1, 0.15) is 21.6 Å². The second-order valence-electron chi connectivity index (χ2n) is 4.18. The maximum Gasteiger partial charge on any atom is 0.271 e. The van der Waals surface area contributed by atoms with Crippen LogP contribution in [0, 0.1) is 11.3 Å². The van der Waals surface area contributed by atoms with E-state index >= 15 is 0 Å². The van der Waals surface area contributed by atoms with Crippen LogP contribution >= 0.6 is 0 Å². The number of carbonyl (C=O) groups is 1. The topological polar surface area (TPSA) is 98.8 Å². The van der Waals surface area contributed by atoms with Crippen LogP contribution in [0.25, 0.3) is 0 Å². The second-order valence-corrected chi connectivity index (χ2v) is 4.18. The van der Waals surface area contributed by atoms with Crippen molar-refractivity contribution in [3.05, 3.63) is 47.2 Å². The lowest BCUT2D eigenvalue weighted by molar-refractivity contribution is 0.0779. The van der Waals surface area contributed by atoms with Gasteiger partial charge >= 0.3 is 0 Å². The Morgan fingerprint density at radius 2 is 2.32 bits per heavy atom. The quantitative estimate of drug-likeness (QED) is 0.858. The standard InChI is InChI=1S/C13H13N5O/c1-18(13(19)11-6-12(15)17-16-11)8-10-4-2-3-9(5-10)7-14/h2-6H,8H2,1H3,(H3,15,16,17). The molecule has 1 amide bonds. The number of hydrogen-bond acceptors (Lipinski definition) is 4. The molecule has 0 bridgehead atoms. The van der Waals surface area contributed by atoms with Gasteiger partial charge in [0.05, 0.1) is 11.6 Å². The van der Waals surface area contributed by atoms with Gasteiger partial charge in [0.25, 0.3) is 5.91 Å². The summed E-state index contributed by atoms with van der Waals surface area (Å²) in [5.74, 6) is 0.0785. The van der Waals surface area contributed by atoms with Gasteiger partial charge in [0.15, 0.2) is 0 Å². The Morgan fingerprint density at radius 3 is 2.95 bits per heavy atom. The number of nitrogens with one attached hydrogen (secondary N) is 1. The van der Waals surface area contributed by atoms with Crippen LogP contribution < -0.4 is 5.73 Å². The number of nitriles is 1. The van der Waals surface area contributed by atoms with Crippen molar-refractivity contribution in [3.63, 3.8) is 0 Å². The maximum atomic E-state index is 12.1. The van der Waals surface area contributed by atoms with Crippen molar-refractivity contribution in [3.8, 4) is 6.07 Å². The molecule has 6 nitrogen and oxygen atoms in total. The summed E-state index contributed by atoms with van der Waals surface area (Å²) < 4.78 is 0. The monoisotopic (exact) mass is 255 g/mol. The highest BCUT2D eigenvalue weighted by atomic mass is 16.2. The third kappa shape index (κ3) is 2.90. The molecule has 1 aromatic heterocycles. The lowest BCUT2D eigenvalue weighted by Crippen LogP contribution is -2.26. The Labute approximate surface area is 110 Å². The van der Waals surface area contributed by atoms with Crippen molar-refractivity contribution in [1.29, 1.82) is 5.26 Å². The fraction of sp³-hybridized carbons (Fsp3) is 0.154. The first-order valence-electron chi connectivity index (χ1n) is 5.65. The number of carbonyl (C=O) groups excluding carboxylic acids is 1. The third-order valence-corrected chi connectivity index (χ3v) is 2.65. The molecule has 0 fully saturated rings. The van der Waals surface area contributed by atoms with E-state index in [9.17, 15) is 4.79 Å². The van der Waals surface area contributed by atoms with Gasteiger partial charge in [-0.25, -0.2) is 0 Å². The minimum atomic E-state index is -0.202. The molecule has 2 aromatic rings. The first kappa shape index (κ1) is 12.6. The molecule has 0 unspecified atom stereocenters. The molecule has 0 spiro atoms. The minimum Gasteiger partial charge on any atom is -0.382 e. The highest BCUT2D eigenvalue weighted by molar-refractivity contribution is 5.92. The van der Waals surface area contributed by atoms with E-state index in [0.717, 1.165) is 5.56 Å². The Bertz CT molecular complexity index is 640. The molecule has 0 aliphatic carbocycles. The van der Waals surface area contributed by atoms with Gasteiger partial charge in [0.1, 0.15) is 11.5 Å². The number of anilines is 1. The van der Waals surface area contributed by atoms with Gasteiger partial charge in [-0.15, -0.1) is 0 Å². The van der Waals surface area contributed by atoms with Gasteiger partial charge in [0.2, 0.25) is 0 Å². The Kier molecular flexibility index (Phi) is 3.48. The number of aromatic nitrogens is 2. The Hall–Kier alpha value is -2.81. The van der Waals surface area contributed by atoms with E-state index < -0.39 is 0 Å². The fourth-order valence-corrected chi connectivity index (χ4v) is 1.74. The van der Waals surface area contributed by atoms with E-state index in [-0.39, 0.29) is 11.7 Å². The molecule has 0 aliphatic heterocycles. The SMILES string of the molecule is CN(Cc1cccc(C#N)c1)C(=O)c1cc(N)n[nH]1. The Morgan fingerprint density at radius 1 is 1.53 bits per heavy atom. The summed E-state index contributed by atoms with van der Waals surface area (Å²) in [5, 5.41) is 15.1. The summed E-state index contributed by atoms with van der Waals surface area (Å²) in [6, 6.07) is 10.7. The molecule has 96 valence electrons. The van der Waals surface area contributed by atoms with Crippen molar-refractivity contribution in [2.45, 2.75) is 6.54 Å². The molecule has 6 heteroatoms. The average Bonchev–Trinajstić information content (AvgIpc) is 2.84. The summed E-state index contributed by atoms with van der Waals surface area (Å²) in [6.07, 6.45) is 0. The molecule has 2 rings (SSSR count). The highest BCUT2D eigenvalue weighted by Gasteiger charge is 2.14. The van der Waals surface area contributed by atoms with Gasteiger partial charge in [-0.3, -0.25) is 9.89 Å². The van der Waals surface area contributed by atoms with Gasteiger partial charge in [0, 0.05) is 19.7 Å². The highest BCUT2D eigenvalue weighted by Crippen LogP contribution is 2.10. The van der Waals surface area contributed by atoms with E-state index in [1.807, 2.05) is 6.07 Å². The van der Waals surface area contributed by atoms with Gasteiger partial charge < -0.3 is 10.6 Å². The lowest BCUT2D eigenvalue weighted by atomic mass is 10.1. The van der Waals surface area contributed by atoms with Crippen molar-refractivity contribution in [2.24, 2.45) is 0 Å². The Balaban J connectivity index is 2.10. The number of hydrogen-bond donors (Lipinski definition) is 2. The molecule has 0 saturated carbocycles. The number of rotatable bonds is 3. The number of benzene rings is 1. The van der Waals surface area contributed by atoms with Crippen molar-refractivity contribution in [2.75, 3.05) is 12.8 Å². The fourth-order valence-electron chi connectivity index (χ4n) is 1.74. The number of nitrogens with two attached hydrogens (primary N) is 1. The van der Waals surface area contributed by atoms with E-state index in [1.165, 1.54) is 11.0 Å². The number of nitrogens with zero attached hydrogens (tertiary/aromatic N) is 3. The molecular formula is C13H13N5O. The zero-order chi connectivity index (χ0) is 13.8. The average molecular weight is 255 g/mol. The zero-order valence-corrected chi connectivity index (χ0v) is 10.4. The zero-order valence-electron chi connectivity index (χ0n) is 10.4. The predicted molar refractivity (Wildman–Crippen MR) is 70.0 cm³/mol. The summed E-state index contributed by atoms with van der Waals surface area (Å²) in [5.41, 5.74) is 7.27. The number of H-pyrrole nitrogens is 1. The summed E-state index contributed by atoms with van der Waals surface area (Å²) in [4.78, 5) is 13.6. The van der Waals surface area contributed by atoms with E-state index in [0.29, 0.717) is 17.8 Å². The largest absolute Gasteiger partial charge is 0.382 e. The van der Waals surface area contributed by atoms with E-state index in [1.54, 1.807) is 25.2 Å². The van der Waals surface area contributed by atoms with Crippen LogP contribution in [0.4, 0.5) is 5.82 Å². The minimum absolute atomic E-state index is 0.202. The molecule has 0 saturated heterocycles. The summed E-state index contributed by atoms with van der Waals surface area (Å²) in [7, 11) is 1.68. The molecular weight excluding hydrogens is 242 g/mol. The number of aromatic amines is 1. The normalized spacial score (nSPS) is 9.89. The maximum absolute atomic E-state index is 12.1. The van der Waals surface area contributed by atoms with E-state index in [4.69, 9.17) is 11.0 Å². The van der Waals surface area contributed by atoms with E-state index in [2.05, 4.69) is 16.3 Å². The summed E-state index contributed by atoms with van der Waals surface area (Å²) in [6.45, 7) is 0.410. The number of nitrogen functional groups attached to an aromatic ring is 1. The van der Waals surface area contributed by atoms with Crippen molar-refractivity contribution < 1.29 is 4.79 Å². The molecule has 19 heavy (non-hydrogen) atoms. The third-order valence-electron chi connectivity index (χ3n) is 2.65. The van der Waals surface area contributed by atoms with Crippen LogP contribution in [0.2, 0.25) is 0 Å². The molecule has 0 atom stereocenters. The van der Waals surface area contributed by atoms with Gasteiger partial charge in [-0.1, -0.05) is 12.1 Å². The molecule has 3 N–H and O–H groups in total. The second kappa shape index (κ2) is 5.23. The van der Waals surface area contributed by atoms with Crippen LogP contribution in [0.15, 0.2) is 30.3 Å². The first-order chi connectivity index (χ1) is 9.10. The summed E-state index contributed by atoms with van der Waals surface area (Å²) >= 11 is 0. The van der Waals surface area contributed by atoms with Crippen LogP contribution in [0.3, 0.4) is 0 Å². The molecule has 0 aliphatic rings. The van der Waals surface area contributed by atoms with Crippen LogP contribution in [0.5, 0.6) is 0 Å². The first-order valence-corrected chi connectivity index (χ1v) is 5.65.